The average Bonchev–Trinajstić information content (AvgIpc) is 2.75. The highest BCUT2D eigenvalue weighted by molar-refractivity contribution is 5.93. The summed E-state index contributed by atoms with van der Waals surface area (Å²) < 4.78 is 11.0. The number of ether oxygens (including phenoxy) is 2. The Bertz CT molecular complexity index is 971. The summed E-state index contributed by atoms with van der Waals surface area (Å²) in [5, 5.41) is 4.45. The van der Waals surface area contributed by atoms with Gasteiger partial charge in [-0.1, -0.05) is 36.2 Å². The second kappa shape index (κ2) is 10.3. The van der Waals surface area contributed by atoms with Crippen molar-refractivity contribution >= 4 is 16.7 Å². The molecule has 2 aromatic carbocycles. The second-order valence-electron chi connectivity index (χ2n) is 7.78. The maximum Gasteiger partial charge on any atom is 0.162 e. The van der Waals surface area contributed by atoms with Crippen molar-refractivity contribution in [2.24, 2.45) is 0 Å². The molecule has 0 aliphatic carbocycles. The van der Waals surface area contributed by atoms with Crippen molar-refractivity contribution in [3.05, 3.63) is 42.0 Å². The van der Waals surface area contributed by atoms with Gasteiger partial charge in [-0.05, 0) is 46.5 Å². The Hall–Kier alpha value is -2.86. The van der Waals surface area contributed by atoms with Crippen LogP contribution in [0.1, 0.15) is 24.8 Å². The fourth-order valence-corrected chi connectivity index (χ4v) is 3.36. The summed E-state index contributed by atoms with van der Waals surface area (Å²) in [5.41, 5.74) is 3.03. The van der Waals surface area contributed by atoms with Crippen molar-refractivity contribution in [3.8, 4) is 22.9 Å². The third kappa shape index (κ3) is 5.39. The Morgan fingerprint density at radius 3 is 2.27 bits per heavy atom. The Labute approximate surface area is 179 Å². The van der Waals surface area contributed by atoms with Crippen LogP contribution in [-0.2, 0) is 0 Å². The minimum atomic E-state index is 0.660. The fraction of sp³-hybridized carbons (Fsp3) is 0.417. The summed E-state index contributed by atoms with van der Waals surface area (Å²) in [6.07, 6.45) is 3.46. The minimum Gasteiger partial charge on any atom is -0.493 e. The molecule has 6 heteroatoms. The van der Waals surface area contributed by atoms with Crippen molar-refractivity contribution in [2.75, 3.05) is 46.7 Å². The summed E-state index contributed by atoms with van der Waals surface area (Å²) in [7, 11) is 7.50. The third-order valence-electron chi connectivity index (χ3n) is 5.09. The molecule has 0 fully saturated rings. The Kier molecular flexibility index (Phi) is 7.46. The van der Waals surface area contributed by atoms with Gasteiger partial charge in [0.25, 0.3) is 0 Å². The first-order valence-corrected chi connectivity index (χ1v) is 10.4. The van der Waals surface area contributed by atoms with E-state index in [9.17, 15) is 0 Å². The number of aromatic nitrogens is 2. The van der Waals surface area contributed by atoms with E-state index >= 15 is 0 Å². The lowest BCUT2D eigenvalue weighted by Crippen LogP contribution is -2.13. The van der Waals surface area contributed by atoms with Gasteiger partial charge in [0.1, 0.15) is 5.82 Å². The molecule has 3 aromatic rings. The Morgan fingerprint density at radius 2 is 1.60 bits per heavy atom. The molecule has 0 unspecified atom stereocenters. The maximum absolute atomic E-state index is 5.49. The average molecular weight is 409 g/mol. The van der Waals surface area contributed by atoms with Gasteiger partial charge >= 0.3 is 0 Å². The van der Waals surface area contributed by atoms with Crippen LogP contribution >= 0.6 is 0 Å². The largest absolute Gasteiger partial charge is 0.493 e. The van der Waals surface area contributed by atoms with Gasteiger partial charge in [0, 0.05) is 23.6 Å². The van der Waals surface area contributed by atoms with Crippen molar-refractivity contribution in [2.45, 2.75) is 26.2 Å². The number of nitrogens with zero attached hydrogens (tertiary/aromatic N) is 3. The molecule has 1 heterocycles. The van der Waals surface area contributed by atoms with E-state index < -0.39 is 0 Å². The van der Waals surface area contributed by atoms with E-state index in [1.54, 1.807) is 14.2 Å². The van der Waals surface area contributed by atoms with Crippen molar-refractivity contribution in [1.82, 2.24) is 14.9 Å². The first kappa shape index (κ1) is 21.8. The fourth-order valence-electron chi connectivity index (χ4n) is 3.36. The molecule has 0 saturated carbocycles. The molecule has 0 atom stereocenters. The highest BCUT2D eigenvalue weighted by Crippen LogP contribution is 2.35. The minimum absolute atomic E-state index is 0.660. The SMILES string of the molecule is COc1cc2nc(-c3ccc(C)cc3)nc(NCCCCCN(C)C)c2cc1OC. The second-order valence-corrected chi connectivity index (χ2v) is 7.78. The van der Waals surface area contributed by atoms with E-state index in [4.69, 9.17) is 19.4 Å². The van der Waals surface area contributed by atoms with E-state index in [2.05, 4.69) is 55.5 Å². The molecule has 0 radical (unpaired) electrons. The summed E-state index contributed by atoms with van der Waals surface area (Å²) in [6, 6.07) is 12.1. The van der Waals surface area contributed by atoms with Crippen LogP contribution < -0.4 is 14.8 Å². The van der Waals surface area contributed by atoms with Gasteiger partial charge in [-0.3, -0.25) is 0 Å². The highest BCUT2D eigenvalue weighted by Gasteiger charge is 2.14. The number of hydrogen-bond acceptors (Lipinski definition) is 6. The van der Waals surface area contributed by atoms with E-state index in [1.807, 2.05) is 12.1 Å². The van der Waals surface area contributed by atoms with Gasteiger partial charge in [-0.2, -0.15) is 0 Å². The molecular formula is C24H32N4O2. The zero-order valence-corrected chi connectivity index (χ0v) is 18.7. The van der Waals surface area contributed by atoms with Gasteiger partial charge in [0.15, 0.2) is 17.3 Å². The van der Waals surface area contributed by atoms with Crippen molar-refractivity contribution in [1.29, 1.82) is 0 Å². The molecule has 0 bridgehead atoms. The lowest BCUT2D eigenvalue weighted by Gasteiger charge is -2.14. The quantitative estimate of drug-likeness (QED) is 0.488. The highest BCUT2D eigenvalue weighted by atomic mass is 16.5. The van der Waals surface area contributed by atoms with Gasteiger partial charge < -0.3 is 19.7 Å². The number of rotatable bonds is 10. The number of benzene rings is 2. The molecule has 1 aromatic heterocycles. The topological polar surface area (TPSA) is 59.5 Å². The maximum atomic E-state index is 5.49. The molecule has 160 valence electrons. The van der Waals surface area contributed by atoms with E-state index in [0.717, 1.165) is 41.8 Å². The molecule has 0 spiro atoms. The standard InChI is InChI=1S/C24H32N4O2/c1-17-9-11-18(12-10-17)23-26-20-16-22(30-5)21(29-4)15-19(20)24(27-23)25-13-7-6-8-14-28(2)3/h9-12,15-16H,6-8,13-14H2,1-5H3,(H,25,26,27). The smallest absolute Gasteiger partial charge is 0.162 e. The van der Waals surface area contributed by atoms with E-state index in [0.29, 0.717) is 17.3 Å². The van der Waals surface area contributed by atoms with Crippen LogP contribution in [0.3, 0.4) is 0 Å². The molecular weight excluding hydrogens is 376 g/mol. The molecule has 0 aliphatic rings. The summed E-state index contributed by atoms with van der Waals surface area (Å²) in [4.78, 5) is 11.9. The van der Waals surface area contributed by atoms with Gasteiger partial charge in [0.05, 0.1) is 19.7 Å². The first-order chi connectivity index (χ1) is 14.5. The number of fused-ring (bicyclic) bond motifs is 1. The van der Waals surface area contributed by atoms with Crippen LogP contribution in [0.15, 0.2) is 36.4 Å². The molecule has 0 aliphatic heterocycles. The predicted molar refractivity (Wildman–Crippen MR) is 124 cm³/mol. The van der Waals surface area contributed by atoms with Crippen molar-refractivity contribution < 1.29 is 9.47 Å². The summed E-state index contributed by atoms with van der Waals surface area (Å²) >= 11 is 0. The zero-order valence-electron chi connectivity index (χ0n) is 18.7. The number of anilines is 1. The van der Waals surface area contributed by atoms with Crippen LogP contribution in [0, 0.1) is 6.92 Å². The number of aryl methyl sites for hydroxylation is 1. The van der Waals surface area contributed by atoms with Crippen LogP contribution in [0.5, 0.6) is 11.5 Å². The van der Waals surface area contributed by atoms with Gasteiger partial charge in [-0.25, -0.2) is 9.97 Å². The number of nitrogens with one attached hydrogen (secondary N) is 1. The zero-order chi connectivity index (χ0) is 21.5. The lowest BCUT2D eigenvalue weighted by atomic mass is 10.1. The van der Waals surface area contributed by atoms with E-state index in [-0.39, 0.29) is 0 Å². The van der Waals surface area contributed by atoms with Gasteiger partial charge in [-0.15, -0.1) is 0 Å². The first-order valence-electron chi connectivity index (χ1n) is 10.4. The number of unbranched alkanes of at least 4 members (excludes halogenated alkanes) is 2. The molecule has 1 N–H and O–H groups in total. The van der Waals surface area contributed by atoms with Gasteiger partial charge in [0.2, 0.25) is 0 Å². The van der Waals surface area contributed by atoms with E-state index in [1.165, 1.54) is 18.4 Å². The van der Waals surface area contributed by atoms with Crippen molar-refractivity contribution in [3.63, 3.8) is 0 Å². The van der Waals surface area contributed by atoms with Crippen LogP contribution in [-0.4, -0.2) is 56.3 Å². The van der Waals surface area contributed by atoms with Crippen LogP contribution in [0.2, 0.25) is 0 Å². The number of methoxy groups -OCH3 is 2. The van der Waals surface area contributed by atoms with Crippen LogP contribution in [0.25, 0.3) is 22.3 Å². The molecule has 6 nitrogen and oxygen atoms in total. The summed E-state index contributed by atoms with van der Waals surface area (Å²) in [5.74, 6) is 2.85. The normalized spacial score (nSPS) is 11.1. The van der Waals surface area contributed by atoms with Crippen LogP contribution in [0.4, 0.5) is 5.82 Å². The predicted octanol–water partition coefficient (Wildman–Crippen LogP) is 4.77. The lowest BCUT2D eigenvalue weighted by molar-refractivity contribution is 0.356. The third-order valence-corrected chi connectivity index (χ3v) is 5.09. The number of hydrogen-bond donors (Lipinski definition) is 1. The molecule has 0 saturated heterocycles. The molecule has 3 rings (SSSR count). The monoisotopic (exact) mass is 408 g/mol. The Balaban J connectivity index is 1.91. The Morgan fingerprint density at radius 1 is 0.900 bits per heavy atom. The molecule has 30 heavy (non-hydrogen) atoms. The summed E-state index contributed by atoms with van der Waals surface area (Å²) in [6.45, 7) is 4.05. The molecule has 0 amide bonds.